The predicted octanol–water partition coefficient (Wildman–Crippen LogP) is 3.73. The van der Waals surface area contributed by atoms with Gasteiger partial charge in [-0.2, -0.15) is 0 Å². The maximum absolute atomic E-state index is 13.4. The molecule has 1 fully saturated rings. The second-order valence-electron chi connectivity index (χ2n) is 5.17. The number of anilines is 1. The van der Waals surface area contributed by atoms with Crippen molar-refractivity contribution in [1.82, 2.24) is 0 Å². The molecule has 3 rings (SSSR count). The summed E-state index contributed by atoms with van der Waals surface area (Å²) in [6.45, 7) is 0.533. The molecule has 18 heavy (non-hydrogen) atoms. The highest BCUT2D eigenvalue weighted by molar-refractivity contribution is 5.46. The van der Waals surface area contributed by atoms with Crippen LogP contribution in [0.25, 0.3) is 0 Å². The van der Waals surface area contributed by atoms with E-state index in [9.17, 15) is 13.2 Å². The lowest BCUT2D eigenvalue weighted by Gasteiger charge is -2.19. The number of rotatable bonds is 3. The Labute approximate surface area is 104 Å². The molecule has 1 N–H and O–H groups in total. The van der Waals surface area contributed by atoms with Crippen molar-refractivity contribution in [2.45, 2.75) is 12.8 Å². The SMILES string of the molecule is Fc1cc(F)c(NCC2CC3C=CC2C3)c(F)c1. The summed E-state index contributed by atoms with van der Waals surface area (Å²) in [5.74, 6) is -1.06. The molecular formula is C14H14F3N. The highest BCUT2D eigenvalue weighted by Crippen LogP contribution is 2.43. The minimum atomic E-state index is -0.890. The Bertz CT molecular complexity index is 475. The molecule has 1 aromatic rings. The van der Waals surface area contributed by atoms with Crippen LogP contribution in [0.1, 0.15) is 12.8 Å². The Morgan fingerprint density at radius 1 is 1.06 bits per heavy atom. The van der Waals surface area contributed by atoms with Gasteiger partial charge in [-0.05, 0) is 30.6 Å². The summed E-state index contributed by atoms with van der Waals surface area (Å²) < 4.78 is 39.6. The van der Waals surface area contributed by atoms with E-state index in [4.69, 9.17) is 0 Å². The molecule has 0 spiro atoms. The highest BCUT2D eigenvalue weighted by Gasteiger charge is 2.35. The van der Waals surface area contributed by atoms with Gasteiger partial charge in [0.15, 0.2) is 11.6 Å². The second kappa shape index (κ2) is 4.34. The molecule has 0 saturated heterocycles. The van der Waals surface area contributed by atoms with E-state index in [0.29, 0.717) is 36.4 Å². The van der Waals surface area contributed by atoms with Gasteiger partial charge in [0.05, 0.1) is 0 Å². The highest BCUT2D eigenvalue weighted by atomic mass is 19.1. The number of allylic oxidation sites excluding steroid dienone is 2. The molecule has 0 radical (unpaired) electrons. The zero-order valence-electron chi connectivity index (χ0n) is 9.80. The first-order valence-electron chi connectivity index (χ1n) is 6.20. The molecule has 2 aliphatic rings. The number of hydrogen-bond donors (Lipinski definition) is 1. The minimum Gasteiger partial charge on any atom is -0.380 e. The lowest BCUT2D eigenvalue weighted by atomic mass is 9.93. The Balaban J connectivity index is 1.69. The van der Waals surface area contributed by atoms with Crippen molar-refractivity contribution in [3.05, 3.63) is 41.7 Å². The molecule has 0 heterocycles. The summed E-state index contributed by atoms with van der Waals surface area (Å²) >= 11 is 0. The molecule has 2 bridgehead atoms. The van der Waals surface area contributed by atoms with Crippen LogP contribution in [0.15, 0.2) is 24.3 Å². The number of hydrogen-bond acceptors (Lipinski definition) is 1. The van der Waals surface area contributed by atoms with E-state index < -0.39 is 17.5 Å². The summed E-state index contributed by atoms with van der Waals surface area (Å²) in [4.78, 5) is 0. The van der Waals surface area contributed by atoms with E-state index in [1.807, 2.05) is 0 Å². The van der Waals surface area contributed by atoms with Crippen LogP contribution in [0.5, 0.6) is 0 Å². The number of halogens is 3. The van der Waals surface area contributed by atoms with E-state index in [0.717, 1.165) is 12.8 Å². The summed E-state index contributed by atoms with van der Waals surface area (Å²) in [5.41, 5.74) is -0.219. The van der Waals surface area contributed by atoms with Gasteiger partial charge in [0.1, 0.15) is 11.5 Å². The molecule has 2 aliphatic carbocycles. The Hall–Kier alpha value is -1.45. The van der Waals surface area contributed by atoms with Gasteiger partial charge in [-0.1, -0.05) is 12.2 Å². The van der Waals surface area contributed by atoms with Crippen LogP contribution < -0.4 is 5.32 Å². The van der Waals surface area contributed by atoms with Gasteiger partial charge in [0.25, 0.3) is 0 Å². The summed E-state index contributed by atoms with van der Waals surface area (Å²) in [5, 5.41) is 2.78. The molecule has 1 aromatic carbocycles. The fourth-order valence-corrected chi connectivity index (χ4v) is 3.07. The molecule has 96 valence electrons. The second-order valence-corrected chi connectivity index (χ2v) is 5.17. The fourth-order valence-electron chi connectivity index (χ4n) is 3.07. The average molecular weight is 253 g/mol. The maximum atomic E-state index is 13.4. The first-order valence-corrected chi connectivity index (χ1v) is 6.20. The van der Waals surface area contributed by atoms with Gasteiger partial charge >= 0.3 is 0 Å². The van der Waals surface area contributed by atoms with Gasteiger partial charge in [0, 0.05) is 18.7 Å². The van der Waals surface area contributed by atoms with E-state index >= 15 is 0 Å². The average Bonchev–Trinajstić information content (AvgIpc) is 2.89. The fraction of sp³-hybridized carbons (Fsp3) is 0.429. The molecule has 0 aromatic heterocycles. The topological polar surface area (TPSA) is 12.0 Å². The van der Waals surface area contributed by atoms with Crippen molar-refractivity contribution in [2.75, 3.05) is 11.9 Å². The van der Waals surface area contributed by atoms with Crippen LogP contribution in [-0.2, 0) is 0 Å². The standard InChI is InChI=1S/C14H14F3N/c15-11-5-12(16)14(13(17)6-11)18-7-10-4-8-1-2-9(10)3-8/h1-2,5-6,8-10,18H,3-4,7H2. The maximum Gasteiger partial charge on any atom is 0.152 e. The molecule has 4 heteroatoms. The number of nitrogens with one attached hydrogen (secondary N) is 1. The Kier molecular flexibility index (Phi) is 2.80. The summed E-state index contributed by atoms with van der Waals surface area (Å²) in [6, 6.07) is 1.40. The predicted molar refractivity (Wildman–Crippen MR) is 63.6 cm³/mol. The third-order valence-electron chi connectivity index (χ3n) is 3.96. The van der Waals surface area contributed by atoms with Gasteiger partial charge in [-0.15, -0.1) is 0 Å². The van der Waals surface area contributed by atoms with Crippen LogP contribution in [0, 0.1) is 35.2 Å². The van der Waals surface area contributed by atoms with Crippen molar-refractivity contribution < 1.29 is 13.2 Å². The van der Waals surface area contributed by atoms with Gasteiger partial charge in [-0.25, -0.2) is 13.2 Å². The van der Waals surface area contributed by atoms with Gasteiger partial charge in [-0.3, -0.25) is 0 Å². The molecule has 1 saturated carbocycles. The molecule has 0 aliphatic heterocycles. The van der Waals surface area contributed by atoms with Crippen molar-refractivity contribution in [3.63, 3.8) is 0 Å². The van der Waals surface area contributed by atoms with Crippen molar-refractivity contribution in [3.8, 4) is 0 Å². The van der Waals surface area contributed by atoms with Crippen LogP contribution in [0.2, 0.25) is 0 Å². The number of benzene rings is 1. The van der Waals surface area contributed by atoms with Crippen LogP contribution >= 0.6 is 0 Å². The normalized spacial score (nSPS) is 28.9. The van der Waals surface area contributed by atoms with Gasteiger partial charge < -0.3 is 5.32 Å². The molecule has 1 nitrogen and oxygen atoms in total. The van der Waals surface area contributed by atoms with E-state index in [2.05, 4.69) is 17.5 Å². The Morgan fingerprint density at radius 2 is 1.78 bits per heavy atom. The quantitative estimate of drug-likeness (QED) is 0.809. The summed E-state index contributed by atoms with van der Waals surface area (Å²) in [7, 11) is 0. The lowest BCUT2D eigenvalue weighted by molar-refractivity contribution is 0.468. The first kappa shape index (κ1) is 11.6. The molecular weight excluding hydrogens is 239 g/mol. The Morgan fingerprint density at radius 3 is 2.33 bits per heavy atom. The third kappa shape index (κ3) is 2.00. The van der Waals surface area contributed by atoms with E-state index in [1.54, 1.807) is 0 Å². The zero-order valence-corrected chi connectivity index (χ0v) is 9.80. The molecule has 3 unspecified atom stereocenters. The van der Waals surface area contributed by atoms with Crippen LogP contribution in [0.3, 0.4) is 0 Å². The zero-order chi connectivity index (χ0) is 12.7. The number of fused-ring (bicyclic) bond motifs is 2. The smallest absolute Gasteiger partial charge is 0.152 e. The molecule has 0 amide bonds. The largest absolute Gasteiger partial charge is 0.380 e. The minimum absolute atomic E-state index is 0.219. The van der Waals surface area contributed by atoms with Crippen LogP contribution in [0.4, 0.5) is 18.9 Å². The summed E-state index contributed by atoms with van der Waals surface area (Å²) in [6.07, 6.45) is 6.64. The third-order valence-corrected chi connectivity index (χ3v) is 3.96. The van der Waals surface area contributed by atoms with Crippen molar-refractivity contribution in [2.24, 2.45) is 17.8 Å². The van der Waals surface area contributed by atoms with Crippen molar-refractivity contribution in [1.29, 1.82) is 0 Å². The van der Waals surface area contributed by atoms with Crippen LogP contribution in [-0.4, -0.2) is 6.54 Å². The van der Waals surface area contributed by atoms with Gasteiger partial charge in [0.2, 0.25) is 0 Å². The van der Waals surface area contributed by atoms with Crippen molar-refractivity contribution >= 4 is 5.69 Å². The van der Waals surface area contributed by atoms with E-state index in [1.165, 1.54) is 0 Å². The van der Waals surface area contributed by atoms with E-state index in [-0.39, 0.29) is 5.69 Å². The molecule has 3 atom stereocenters. The lowest BCUT2D eigenvalue weighted by Crippen LogP contribution is -2.19. The first-order chi connectivity index (χ1) is 8.63. The monoisotopic (exact) mass is 253 g/mol.